The lowest BCUT2D eigenvalue weighted by atomic mass is 9.92. The van der Waals surface area contributed by atoms with Crippen molar-refractivity contribution in [2.45, 2.75) is 31.8 Å². The van der Waals surface area contributed by atoms with E-state index in [2.05, 4.69) is 17.5 Å². The molecule has 0 radical (unpaired) electrons. The van der Waals surface area contributed by atoms with Crippen LogP contribution in [0.5, 0.6) is 0 Å². The highest BCUT2D eigenvalue weighted by molar-refractivity contribution is 5.79. The molecule has 0 saturated heterocycles. The summed E-state index contributed by atoms with van der Waals surface area (Å²) in [5.41, 5.74) is -0.208. The highest BCUT2D eigenvalue weighted by Crippen LogP contribution is 2.21. The molecule has 2 N–H and O–H groups in total. The maximum absolute atomic E-state index is 12.0. The summed E-state index contributed by atoms with van der Waals surface area (Å²) < 4.78 is 0. The Hall–Kier alpha value is -1.61. The first-order valence-electron chi connectivity index (χ1n) is 6.80. The van der Waals surface area contributed by atoms with Crippen LogP contribution in [0.25, 0.3) is 0 Å². The topological polar surface area (TPSA) is 49.3 Å². The molecule has 1 amide bonds. The summed E-state index contributed by atoms with van der Waals surface area (Å²) >= 11 is 0. The van der Waals surface area contributed by atoms with Crippen molar-refractivity contribution in [1.29, 1.82) is 0 Å². The number of amides is 1. The van der Waals surface area contributed by atoms with E-state index in [0.29, 0.717) is 0 Å². The third kappa shape index (κ3) is 3.67. The van der Waals surface area contributed by atoms with Crippen molar-refractivity contribution < 1.29 is 9.90 Å². The molecule has 0 aliphatic heterocycles. The molecule has 0 fully saturated rings. The molecule has 2 rings (SSSR count). The third-order valence-electron chi connectivity index (χ3n) is 3.64. The number of aliphatic hydroxyl groups is 1. The van der Waals surface area contributed by atoms with Crippen LogP contribution in [-0.4, -0.2) is 17.6 Å². The summed E-state index contributed by atoms with van der Waals surface area (Å²) in [6, 6.07) is 9.42. The molecule has 1 aromatic rings. The van der Waals surface area contributed by atoms with Crippen LogP contribution in [0.3, 0.4) is 0 Å². The second kappa shape index (κ2) is 6.02. The van der Waals surface area contributed by atoms with E-state index in [1.165, 1.54) is 0 Å². The Kier molecular flexibility index (Phi) is 4.38. The monoisotopic (exact) mass is 259 g/mol. The third-order valence-corrected chi connectivity index (χ3v) is 3.64. The lowest BCUT2D eigenvalue weighted by molar-refractivity contribution is -0.126. The molecule has 0 heterocycles. The molecule has 102 valence electrons. The normalized spacial score (nSPS) is 21.7. The molecular weight excluding hydrogens is 238 g/mol. The number of carbonyl (C=O) groups excluding carboxylic acids is 1. The Morgan fingerprint density at radius 3 is 2.74 bits per heavy atom. The zero-order chi connectivity index (χ0) is 13.7. The smallest absolute Gasteiger partial charge is 0.223 e. The van der Waals surface area contributed by atoms with Crippen LogP contribution in [0, 0.1) is 5.92 Å². The van der Waals surface area contributed by atoms with Gasteiger partial charge in [0.1, 0.15) is 5.60 Å². The van der Waals surface area contributed by atoms with E-state index in [-0.39, 0.29) is 18.4 Å². The van der Waals surface area contributed by atoms with Gasteiger partial charge >= 0.3 is 0 Å². The van der Waals surface area contributed by atoms with Crippen LogP contribution in [0.2, 0.25) is 0 Å². The first-order valence-corrected chi connectivity index (χ1v) is 6.80. The fourth-order valence-corrected chi connectivity index (χ4v) is 2.33. The average Bonchev–Trinajstić information content (AvgIpc) is 2.47. The lowest BCUT2D eigenvalue weighted by Crippen LogP contribution is -2.41. The highest BCUT2D eigenvalue weighted by Gasteiger charge is 2.25. The molecule has 3 heteroatoms. The van der Waals surface area contributed by atoms with Crippen LogP contribution in [0.15, 0.2) is 42.5 Å². The summed E-state index contributed by atoms with van der Waals surface area (Å²) in [5.74, 6) is 0.0946. The van der Waals surface area contributed by atoms with Crippen molar-refractivity contribution in [1.82, 2.24) is 5.32 Å². The Balaban J connectivity index is 1.90. The van der Waals surface area contributed by atoms with Gasteiger partial charge in [0.2, 0.25) is 5.91 Å². The van der Waals surface area contributed by atoms with E-state index < -0.39 is 5.60 Å². The predicted molar refractivity (Wildman–Crippen MR) is 75.5 cm³/mol. The summed E-state index contributed by atoms with van der Waals surface area (Å²) in [7, 11) is 0. The molecular formula is C16H21NO2. The van der Waals surface area contributed by atoms with Gasteiger partial charge in [0, 0.05) is 5.92 Å². The predicted octanol–water partition coefficient (Wildman–Crippen LogP) is 2.37. The molecule has 0 unspecified atom stereocenters. The number of hydrogen-bond donors (Lipinski definition) is 2. The van der Waals surface area contributed by atoms with Gasteiger partial charge in [-0.15, -0.1) is 0 Å². The van der Waals surface area contributed by atoms with Crippen LogP contribution >= 0.6 is 0 Å². The quantitative estimate of drug-likeness (QED) is 0.816. The first kappa shape index (κ1) is 13.8. The fraction of sp³-hybridized carbons (Fsp3) is 0.438. The minimum atomic E-state index is -1.03. The maximum atomic E-state index is 12.0. The van der Waals surface area contributed by atoms with Crippen molar-refractivity contribution in [3.8, 4) is 0 Å². The van der Waals surface area contributed by atoms with Crippen molar-refractivity contribution in [2.75, 3.05) is 6.54 Å². The molecule has 1 aliphatic rings. The van der Waals surface area contributed by atoms with Crippen LogP contribution in [-0.2, 0) is 10.4 Å². The molecule has 1 aromatic carbocycles. The number of hydrogen-bond acceptors (Lipinski definition) is 2. The fourth-order valence-electron chi connectivity index (χ4n) is 2.33. The average molecular weight is 259 g/mol. The van der Waals surface area contributed by atoms with E-state index in [0.717, 1.165) is 24.8 Å². The van der Waals surface area contributed by atoms with Gasteiger partial charge in [-0.2, -0.15) is 0 Å². The maximum Gasteiger partial charge on any atom is 0.223 e. The van der Waals surface area contributed by atoms with Gasteiger partial charge in [-0.1, -0.05) is 42.5 Å². The minimum Gasteiger partial charge on any atom is -0.384 e. The van der Waals surface area contributed by atoms with Gasteiger partial charge in [-0.3, -0.25) is 4.79 Å². The standard InChI is InChI=1S/C16H21NO2/c1-16(19,14-10-6-3-7-11-14)12-17-15(18)13-8-4-2-5-9-13/h2-4,6-7,10-11,13,19H,5,8-9,12H2,1H3,(H,17,18)/t13-,16-/m1/s1. The number of nitrogens with one attached hydrogen (secondary N) is 1. The van der Waals surface area contributed by atoms with E-state index in [1.807, 2.05) is 30.3 Å². The van der Waals surface area contributed by atoms with Gasteiger partial charge in [0.05, 0.1) is 6.54 Å². The number of rotatable bonds is 4. The van der Waals surface area contributed by atoms with Crippen LogP contribution in [0.1, 0.15) is 31.7 Å². The summed E-state index contributed by atoms with van der Waals surface area (Å²) in [6.45, 7) is 1.97. The van der Waals surface area contributed by atoms with Gasteiger partial charge in [-0.05, 0) is 31.7 Å². The van der Waals surface area contributed by atoms with Crippen LogP contribution in [0.4, 0.5) is 0 Å². The number of allylic oxidation sites excluding steroid dienone is 2. The molecule has 19 heavy (non-hydrogen) atoms. The Labute approximate surface area is 114 Å². The van der Waals surface area contributed by atoms with Crippen molar-refractivity contribution in [3.05, 3.63) is 48.0 Å². The summed E-state index contributed by atoms with van der Waals surface area (Å²) in [6.07, 6.45) is 6.84. The summed E-state index contributed by atoms with van der Waals surface area (Å²) in [4.78, 5) is 12.0. The Bertz CT molecular complexity index is 451. The van der Waals surface area contributed by atoms with Crippen LogP contribution < -0.4 is 5.32 Å². The highest BCUT2D eigenvalue weighted by atomic mass is 16.3. The van der Waals surface area contributed by atoms with E-state index in [4.69, 9.17) is 0 Å². The van der Waals surface area contributed by atoms with Crippen molar-refractivity contribution in [3.63, 3.8) is 0 Å². The first-order chi connectivity index (χ1) is 9.09. The SMILES string of the molecule is C[C@@](O)(CNC(=O)[C@@H]1CC=CCC1)c1ccccc1. The Morgan fingerprint density at radius 2 is 2.11 bits per heavy atom. The molecule has 0 saturated carbocycles. The second-order valence-corrected chi connectivity index (χ2v) is 5.34. The largest absolute Gasteiger partial charge is 0.384 e. The van der Waals surface area contributed by atoms with Gasteiger partial charge in [-0.25, -0.2) is 0 Å². The van der Waals surface area contributed by atoms with Crippen molar-refractivity contribution >= 4 is 5.91 Å². The molecule has 0 bridgehead atoms. The molecule has 0 aromatic heterocycles. The molecule has 2 atom stereocenters. The lowest BCUT2D eigenvalue weighted by Gasteiger charge is -2.26. The molecule has 1 aliphatic carbocycles. The summed E-state index contributed by atoms with van der Waals surface area (Å²) in [5, 5.41) is 13.3. The molecule has 3 nitrogen and oxygen atoms in total. The zero-order valence-electron chi connectivity index (χ0n) is 11.3. The van der Waals surface area contributed by atoms with Gasteiger partial charge < -0.3 is 10.4 Å². The minimum absolute atomic E-state index is 0.0422. The number of carbonyl (C=O) groups is 1. The van der Waals surface area contributed by atoms with Gasteiger partial charge in [0.25, 0.3) is 0 Å². The van der Waals surface area contributed by atoms with Gasteiger partial charge in [0.15, 0.2) is 0 Å². The van der Waals surface area contributed by atoms with E-state index >= 15 is 0 Å². The second-order valence-electron chi connectivity index (χ2n) is 5.34. The Morgan fingerprint density at radius 1 is 1.37 bits per heavy atom. The van der Waals surface area contributed by atoms with E-state index in [9.17, 15) is 9.90 Å². The van der Waals surface area contributed by atoms with Crippen molar-refractivity contribution in [2.24, 2.45) is 5.92 Å². The van der Waals surface area contributed by atoms with E-state index in [1.54, 1.807) is 6.92 Å². The molecule has 0 spiro atoms. The number of benzene rings is 1. The zero-order valence-corrected chi connectivity index (χ0v) is 11.3.